The second-order valence-electron chi connectivity index (χ2n) is 6.64. The Kier molecular flexibility index (Phi) is 4.65. The Morgan fingerprint density at radius 2 is 2.19 bits per heavy atom. The predicted octanol–water partition coefficient (Wildman–Crippen LogP) is 2.29. The van der Waals surface area contributed by atoms with Gasteiger partial charge in [-0.3, -0.25) is 9.59 Å². The first kappa shape index (κ1) is 17.1. The predicted molar refractivity (Wildman–Crippen MR) is 98.7 cm³/mol. The minimum Gasteiger partial charge on any atom is -0.488 e. The van der Waals surface area contributed by atoms with Crippen molar-refractivity contribution in [2.24, 2.45) is 0 Å². The van der Waals surface area contributed by atoms with Crippen molar-refractivity contribution in [3.8, 4) is 5.75 Å². The number of β-amino-alcohol motifs (C(OH)–C–C–N with tert-alkyl or cyclic N) is 1. The number of likely N-dealkylation sites (tertiary alicyclic amines) is 1. The van der Waals surface area contributed by atoms with Crippen molar-refractivity contribution in [3.63, 3.8) is 0 Å². The van der Waals surface area contributed by atoms with E-state index in [1.165, 1.54) is 11.3 Å². The van der Waals surface area contributed by atoms with Crippen molar-refractivity contribution < 1.29 is 19.4 Å². The van der Waals surface area contributed by atoms with Crippen LogP contribution >= 0.6 is 11.3 Å². The summed E-state index contributed by atoms with van der Waals surface area (Å²) in [5.41, 5.74) is 2.53. The Morgan fingerprint density at radius 3 is 2.96 bits per heavy atom. The molecule has 0 bridgehead atoms. The average molecular weight is 372 g/mol. The van der Waals surface area contributed by atoms with Gasteiger partial charge in [0.25, 0.3) is 5.91 Å². The van der Waals surface area contributed by atoms with Gasteiger partial charge in [-0.25, -0.2) is 0 Å². The number of fused-ring (bicyclic) bond motifs is 1. The Bertz CT molecular complexity index is 821. The van der Waals surface area contributed by atoms with E-state index in [4.69, 9.17) is 4.74 Å². The van der Waals surface area contributed by atoms with Crippen LogP contribution in [0.2, 0.25) is 0 Å². The number of benzene rings is 1. The first-order valence-electron chi connectivity index (χ1n) is 8.69. The summed E-state index contributed by atoms with van der Waals surface area (Å²) in [6, 6.07) is 7.36. The number of thiophene rings is 1. The number of aliphatic hydroxyl groups excluding tert-OH is 1. The molecule has 4 rings (SSSR count). The highest BCUT2D eigenvalue weighted by molar-refractivity contribution is 7.08. The molecule has 0 spiro atoms. The van der Waals surface area contributed by atoms with E-state index in [9.17, 15) is 14.7 Å². The molecule has 2 atom stereocenters. The van der Waals surface area contributed by atoms with Gasteiger partial charge in [0, 0.05) is 30.5 Å². The molecule has 0 radical (unpaired) electrons. The number of carbonyl (C=O) groups excluding carboxylic acids is 2. The molecule has 2 amide bonds. The van der Waals surface area contributed by atoms with Crippen molar-refractivity contribution in [2.75, 3.05) is 18.4 Å². The fourth-order valence-electron chi connectivity index (χ4n) is 3.41. The molecule has 0 aliphatic carbocycles. The molecule has 136 valence electrons. The Balaban J connectivity index is 1.39. The smallest absolute Gasteiger partial charge is 0.254 e. The third-order valence-electron chi connectivity index (χ3n) is 4.84. The van der Waals surface area contributed by atoms with Gasteiger partial charge in [0.2, 0.25) is 5.91 Å². The molecule has 0 unspecified atom stereocenters. The van der Waals surface area contributed by atoms with Gasteiger partial charge in [-0.1, -0.05) is 0 Å². The van der Waals surface area contributed by atoms with E-state index in [1.807, 2.05) is 22.9 Å². The van der Waals surface area contributed by atoms with Crippen LogP contribution in [0, 0.1) is 0 Å². The van der Waals surface area contributed by atoms with E-state index in [-0.39, 0.29) is 24.5 Å². The van der Waals surface area contributed by atoms with Crippen LogP contribution in [0.15, 0.2) is 35.0 Å². The van der Waals surface area contributed by atoms with Crippen LogP contribution in [-0.4, -0.2) is 47.1 Å². The lowest BCUT2D eigenvalue weighted by atomic mass is 10.0. The molecule has 26 heavy (non-hydrogen) atoms. The Hall–Kier alpha value is -2.38. The van der Waals surface area contributed by atoms with Crippen LogP contribution in [0.4, 0.5) is 5.69 Å². The molecule has 1 saturated heterocycles. The maximum Gasteiger partial charge on any atom is 0.254 e. The number of amides is 2. The molecule has 1 fully saturated rings. The van der Waals surface area contributed by atoms with Crippen molar-refractivity contribution >= 4 is 28.8 Å². The van der Waals surface area contributed by atoms with Crippen LogP contribution < -0.4 is 10.1 Å². The number of nitrogens with zero attached hydrogens (tertiary/aromatic N) is 1. The molecule has 6 nitrogen and oxygen atoms in total. The van der Waals surface area contributed by atoms with Gasteiger partial charge in [-0.2, -0.15) is 11.3 Å². The van der Waals surface area contributed by atoms with E-state index in [0.717, 1.165) is 11.3 Å². The maximum absolute atomic E-state index is 12.4. The number of nitrogens with one attached hydrogen (secondary N) is 1. The second-order valence-corrected chi connectivity index (χ2v) is 7.42. The van der Waals surface area contributed by atoms with E-state index >= 15 is 0 Å². The molecule has 1 aromatic heterocycles. The van der Waals surface area contributed by atoms with Gasteiger partial charge < -0.3 is 20.1 Å². The fraction of sp³-hybridized carbons (Fsp3) is 0.368. The molecule has 2 N–H and O–H groups in total. The van der Waals surface area contributed by atoms with E-state index in [2.05, 4.69) is 5.32 Å². The lowest BCUT2D eigenvalue weighted by Gasteiger charge is -2.36. The fourth-order valence-corrected chi connectivity index (χ4v) is 4.04. The molecular weight excluding hydrogens is 352 g/mol. The number of aliphatic hydroxyl groups is 1. The number of aryl methyl sites for hydroxylation is 1. The highest BCUT2D eigenvalue weighted by Gasteiger charge is 2.32. The molecule has 3 heterocycles. The number of rotatable bonds is 3. The van der Waals surface area contributed by atoms with Crippen molar-refractivity contribution in [2.45, 2.75) is 31.5 Å². The third kappa shape index (κ3) is 3.45. The number of hydrogen-bond donors (Lipinski definition) is 2. The normalized spacial score (nSPS) is 22.5. The van der Waals surface area contributed by atoms with E-state index in [1.54, 1.807) is 17.0 Å². The first-order valence-corrected chi connectivity index (χ1v) is 9.63. The number of hydrogen-bond acceptors (Lipinski definition) is 5. The number of ether oxygens (including phenoxy) is 1. The molecular formula is C19H20N2O4S. The lowest BCUT2D eigenvalue weighted by Crippen LogP contribution is -2.50. The van der Waals surface area contributed by atoms with Gasteiger partial charge in [0.05, 0.1) is 12.1 Å². The topological polar surface area (TPSA) is 78.9 Å². The van der Waals surface area contributed by atoms with Crippen molar-refractivity contribution in [1.29, 1.82) is 0 Å². The number of carbonyl (C=O) groups is 2. The molecule has 1 aromatic carbocycles. The minimum atomic E-state index is -0.734. The Labute approximate surface area is 155 Å². The van der Waals surface area contributed by atoms with Gasteiger partial charge in [-0.15, -0.1) is 0 Å². The second kappa shape index (κ2) is 7.09. The van der Waals surface area contributed by atoms with Gasteiger partial charge in [-0.05, 0) is 41.6 Å². The SMILES string of the molecule is O=C1CCc2cc(O[C@@H]3CCN(C(=O)c4ccsc4)C[C@H]3O)ccc2N1. The zero-order chi connectivity index (χ0) is 18.1. The highest BCUT2D eigenvalue weighted by atomic mass is 32.1. The zero-order valence-electron chi connectivity index (χ0n) is 14.2. The molecule has 0 saturated carbocycles. The Morgan fingerprint density at radius 1 is 1.31 bits per heavy atom. The summed E-state index contributed by atoms with van der Waals surface area (Å²) in [5.74, 6) is 0.666. The monoisotopic (exact) mass is 372 g/mol. The average Bonchev–Trinajstić information content (AvgIpc) is 3.17. The summed E-state index contributed by atoms with van der Waals surface area (Å²) in [7, 11) is 0. The first-order chi connectivity index (χ1) is 12.6. The van der Waals surface area contributed by atoms with Crippen LogP contribution in [0.5, 0.6) is 5.75 Å². The molecule has 7 heteroatoms. The van der Waals surface area contributed by atoms with Gasteiger partial charge in [0.1, 0.15) is 18.0 Å². The van der Waals surface area contributed by atoms with Gasteiger partial charge >= 0.3 is 0 Å². The highest BCUT2D eigenvalue weighted by Crippen LogP contribution is 2.28. The molecule has 2 aliphatic rings. The van der Waals surface area contributed by atoms with Crippen LogP contribution in [0.3, 0.4) is 0 Å². The minimum absolute atomic E-state index is 0.0317. The largest absolute Gasteiger partial charge is 0.488 e. The summed E-state index contributed by atoms with van der Waals surface area (Å²) in [4.78, 5) is 25.5. The van der Waals surface area contributed by atoms with Crippen molar-refractivity contribution in [1.82, 2.24) is 4.90 Å². The van der Waals surface area contributed by atoms with Gasteiger partial charge in [0.15, 0.2) is 0 Å². The summed E-state index contributed by atoms with van der Waals surface area (Å²) >= 11 is 1.49. The van der Waals surface area contributed by atoms with E-state index < -0.39 is 6.10 Å². The standard InChI is InChI=1S/C19H20N2O4S/c22-16-10-21(19(24)13-6-8-26-11-13)7-5-17(16)25-14-2-3-15-12(9-14)1-4-18(23)20-15/h2-3,6,8-9,11,16-17,22H,1,4-5,7,10H2,(H,20,23)/t16-,17-/m1/s1. The maximum atomic E-state index is 12.4. The molecule has 2 aromatic rings. The van der Waals surface area contributed by atoms with Crippen LogP contribution in [0.25, 0.3) is 0 Å². The number of piperidine rings is 1. The summed E-state index contributed by atoms with van der Waals surface area (Å²) in [6.45, 7) is 0.817. The quantitative estimate of drug-likeness (QED) is 0.866. The third-order valence-corrected chi connectivity index (χ3v) is 5.52. The molecule has 2 aliphatic heterocycles. The summed E-state index contributed by atoms with van der Waals surface area (Å²) in [6.07, 6.45) is 0.654. The van der Waals surface area contributed by atoms with Crippen LogP contribution in [0.1, 0.15) is 28.8 Å². The number of anilines is 1. The van der Waals surface area contributed by atoms with Crippen molar-refractivity contribution in [3.05, 3.63) is 46.2 Å². The van der Waals surface area contributed by atoms with Crippen LogP contribution in [-0.2, 0) is 11.2 Å². The van der Waals surface area contributed by atoms with E-state index in [0.29, 0.717) is 37.1 Å². The summed E-state index contributed by atoms with van der Waals surface area (Å²) in [5, 5.41) is 17.0. The summed E-state index contributed by atoms with van der Waals surface area (Å²) < 4.78 is 5.98. The zero-order valence-corrected chi connectivity index (χ0v) is 15.0. The lowest BCUT2D eigenvalue weighted by molar-refractivity contribution is -0.116.